The summed E-state index contributed by atoms with van der Waals surface area (Å²) in [5, 5.41) is 3.52. The molecule has 0 radical (unpaired) electrons. The van der Waals surface area contributed by atoms with E-state index in [-0.39, 0.29) is 0 Å². The molecule has 0 bridgehead atoms. The predicted molar refractivity (Wildman–Crippen MR) is 53.7 cm³/mol. The van der Waals surface area contributed by atoms with Crippen molar-refractivity contribution in [3.63, 3.8) is 0 Å². The lowest BCUT2D eigenvalue weighted by Gasteiger charge is -2.17. The van der Waals surface area contributed by atoms with E-state index < -0.39 is 0 Å². The number of hydrogen-bond donors (Lipinski definition) is 1. The summed E-state index contributed by atoms with van der Waals surface area (Å²) in [6, 6.07) is 4.18. The molecule has 0 amide bonds. The second-order valence-electron chi connectivity index (χ2n) is 4.45. The van der Waals surface area contributed by atoms with Crippen LogP contribution in [0, 0.1) is 0 Å². The fourth-order valence-corrected chi connectivity index (χ4v) is 2.01. The Bertz CT molecular complexity index is 279. The molecule has 0 saturated carbocycles. The van der Waals surface area contributed by atoms with E-state index in [1.807, 2.05) is 18.5 Å². The van der Waals surface area contributed by atoms with Gasteiger partial charge in [-0.25, -0.2) is 0 Å². The maximum Gasteiger partial charge on any atom is 0.0303 e. The van der Waals surface area contributed by atoms with Crippen molar-refractivity contribution < 1.29 is 0 Å². The highest BCUT2D eigenvalue weighted by molar-refractivity contribution is 5.18. The fourth-order valence-electron chi connectivity index (χ4n) is 2.01. The zero-order chi connectivity index (χ0) is 9.31. The molecule has 2 heteroatoms. The van der Waals surface area contributed by atoms with E-state index in [0.717, 1.165) is 6.54 Å². The first kappa shape index (κ1) is 8.70. The molecule has 1 aromatic rings. The van der Waals surface area contributed by atoms with Crippen LogP contribution in [0.15, 0.2) is 24.5 Å². The molecule has 1 unspecified atom stereocenters. The van der Waals surface area contributed by atoms with E-state index >= 15 is 0 Å². The highest BCUT2D eigenvalue weighted by Gasteiger charge is 2.30. The monoisotopic (exact) mass is 176 g/mol. The summed E-state index contributed by atoms with van der Waals surface area (Å²) in [5.41, 5.74) is 1.65. The van der Waals surface area contributed by atoms with E-state index in [4.69, 9.17) is 0 Å². The second-order valence-corrected chi connectivity index (χ2v) is 4.45. The van der Waals surface area contributed by atoms with Crippen LogP contribution in [0.3, 0.4) is 0 Å². The first-order valence-corrected chi connectivity index (χ1v) is 4.82. The normalized spacial score (nSPS) is 26.2. The molecule has 2 nitrogen and oxygen atoms in total. The van der Waals surface area contributed by atoms with E-state index in [1.165, 1.54) is 12.0 Å². The minimum atomic E-state index is 0.292. The molecule has 2 rings (SSSR count). The molecule has 1 N–H and O–H groups in total. The molecule has 1 atom stereocenters. The standard InChI is InChI=1S/C11H16N2/c1-11(2)6-10(8-13-11)9-4-3-5-12-7-9/h3-5,7,10,13H,6,8H2,1-2H3. The maximum absolute atomic E-state index is 4.15. The van der Waals surface area contributed by atoms with Crippen LogP contribution < -0.4 is 5.32 Å². The molecule has 0 spiro atoms. The molecule has 1 saturated heterocycles. The van der Waals surface area contributed by atoms with Gasteiger partial charge >= 0.3 is 0 Å². The van der Waals surface area contributed by atoms with Crippen molar-refractivity contribution in [3.05, 3.63) is 30.1 Å². The molecule has 1 fully saturated rings. The van der Waals surface area contributed by atoms with Gasteiger partial charge in [0.05, 0.1) is 0 Å². The van der Waals surface area contributed by atoms with Crippen LogP contribution in [0.1, 0.15) is 31.7 Å². The van der Waals surface area contributed by atoms with Crippen LogP contribution in [-0.4, -0.2) is 17.1 Å². The third-order valence-electron chi connectivity index (χ3n) is 2.74. The van der Waals surface area contributed by atoms with Crippen LogP contribution in [0.2, 0.25) is 0 Å². The summed E-state index contributed by atoms with van der Waals surface area (Å²) in [6.45, 7) is 5.59. The molecule has 1 aliphatic rings. The predicted octanol–water partition coefficient (Wildman–Crippen LogP) is 1.94. The van der Waals surface area contributed by atoms with Gasteiger partial charge in [-0.15, -0.1) is 0 Å². The molecule has 0 aliphatic carbocycles. The Morgan fingerprint density at radius 2 is 2.38 bits per heavy atom. The average Bonchev–Trinajstić information content (AvgIpc) is 2.48. The van der Waals surface area contributed by atoms with Gasteiger partial charge < -0.3 is 5.32 Å². The van der Waals surface area contributed by atoms with Gasteiger partial charge in [0, 0.05) is 24.5 Å². The summed E-state index contributed by atoms with van der Waals surface area (Å²) in [7, 11) is 0. The van der Waals surface area contributed by atoms with Gasteiger partial charge in [0.1, 0.15) is 0 Å². The minimum absolute atomic E-state index is 0.292. The summed E-state index contributed by atoms with van der Waals surface area (Å²) < 4.78 is 0. The largest absolute Gasteiger partial charge is 0.311 e. The Labute approximate surface area is 79.4 Å². The maximum atomic E-state index is 4.15. The Balaban J connectivity index is 2.13. The van der Waals surface area contributed by atoms with E-state index in [2.05, 4.69) is 30.2 Å². The van der Waals surface area contributed by atoms with Crippen molar-refractivity contribution in [2.75, 3.05) is 6.54 Å². The van der Waals surface area contributed by atoms with Gasteiger partial charge in [-0.2, -0.15) is 0 Å². The SMILES string of the molecule is CC1(C)CC(c2cccnc2)CN1. The van der Waals surface area contributed by atoms with Gasteiger partial charge in [0.15, 0.2) is 0 Å². The van der Waals surface area contributed by atoms with Crippen molar-refractivity contribution >= 4 is 0 Å². The van der Waals surface area contributed by atoms with E-state index in [9.17, 15) is 0 Å². The van der Waals surface area contributed by atoms with Crippen LogP contribution in [0.25, 0.3) is 0 Å². The van der Waals surface area contributed by atoms with Gasteiger partial charge in [0.25, 0.3) is 0 Å². The molecule has 0 aromatic carbocycles. The molecule has 70 valence electrons. The number of rotatable bonds is 1. The van der Waals surface area contributed by atoms with E-state index in [1.54, 1.807) is 0 Å². The summed E-state index contributed by atoms with van der Waals surface area (Å²) in [5.74, 6) is 0.642. The first-order valence-electron chi connectivity index (χ1n) is 4.82. The molecule has 1 aromatic heterocycles. The van der Waals surface area contributed by atoms with Crippen molar-refractivity contribution in [1.82, 2.24) is 10.3 Å². The van der Waals surface area contributed by atoms with Gasteiger partial charge in [0.2, 0.25) is 0 Å². The van der Waals surface area contributed by atoms with Crippen molar-refractivity contribution in [1.29, 1.82) is 0 Å². The number of aromatic nitrogens is 1. The quantitative estimate of drug-likeness (QED) is 0.707. The highest BCUT2D eigenvalue weighted by atomic mass is 15.0. The summed E-state index contributed by atoms with van der Waals surface area (Å²) in [4.78, 5) is 4.15. The average molecular weight is 176 g/mol. The van der Waals surface area contributed by atoms with Crippen LogP contribution >= 0.6 is 0 Å². The van der Waals surface area contributed by atoms with Crippen LogP contribution in [0.5, 0.6) is 0 Å². The third kappa shape index (κ3) is 1.89. The number of nitrogens with zero attached hydrogens (tertiary/aromatic N) is 1. The lowest BCUT2D eigenvalue weighted by Crippen LogP contribution is -2.31. The van der Waals surface area contributed by atoms with Gasteiger partial charge in [-0.1, -0.05) is 6.07 Å². The lowest BCUT2D eigenvalue weighted by molar-refractivity contribution is 0.456. The van der Waals surface area contributed by atoms with Gasteiger partial charge in [-0.05, 0) is 37.8 Å². The van der Waals surface area contributed by atoms with Crippen molar-refractivity contribution in [2.45, 2.75) is 31.7 Å². The Hall–Kier alpha value is -0.890. The number of pyridine rings is 1. The lowest BCUT2D eigenvalue weighted by atomic mass is 9.92. The Kier molecular flexibility index (Phi) is 2.08. The second kappa shape index (κ2) is 3.11. The summed E-state index contributed by atoms with van der Waals surface area (Å²) in [6.07, 6.45) is 5.02. The minimum Gasteiger partial charge on any atom is -0.311 e. The first-order chi connectivity index (χ1) is 6.17. The summed E-state index contributed by atoms with van der Waals surface area (Å²) >= 11 is 0. The number of nitrogens with one attached hydrogen (secondary N) is 1. The fraction of sp³-hybridized carbons (Fsp3) is 0.545. The molecular formula is C11H16N2. The van der Waals surface area contributed by atoms with Gasteiger partial charge in [-0.3, -0.25) is 4.98 Å². The number of hydrogen-bond acceptors (Lipinski definition) is 2. The molecule has 2 heterocycles. The van der Waals surface area contributed by atoms with E-state index in [0.29, 0.717) is 11.5 Å². The van der Waals surface area contributed by atoms with Crippen LogP contribution in [-0.2, 0) is 0 Å². The third-order valence-corrected chi connectivity index (χ3v) is 2.74. The highest BCUT2D eigenvalue weighted by Crippen LogP contribution is 2.30. The zero-order valence-electron chi connectivity index (χ0n) is 8.25. The Morgan fingerprint density at radius 3 is 2.92 bits per heavy atom. The van der Waals surface area contributed by atoms with Crippen LogP contribution in [0.4, 0.5) is 0 Å². The van der Waals surface area contributed by atoms with Crippen molar-refractivity contribution in [3.8, 4) is 0 Å². The Morgan fingerprint density at radius 1 is 1.54 bits per heavy atom. The topological polar surface area (TPSA) is 24.9 Å². The molecular weight excluding hydrogens is 160 g/mol. The van der Waals surface area contributed by atoms with Crippen molar-refractivity contribution in [2.24, 2.45) is 0 Å². The zero-order valence-corrected chi connectivity index (χ0v) is 8.25. The molecule has 13 heavy (non-hydrogen) atoms. The molecule has 1 aliphatic heterocycles. The smallest absolute Gasteiger partial charge is 0.0303 e.